The summed E-state index contributed by atoms with van der Waals surface area (Å²) in [5, 5.41) is 10.6. The summed E-state index contributed by atoms with van der Waals surface area (Å²) < 4.78 is 5.62. The lowest BCUT2D eigenvalue weighted by atomic mass is 9.80. The molecule has 1 atom stereocenters. The molecule has 0 amide bonds. The Morgan fingerprint density at radius 3 is 2.94 bits per heavy atom. The van der Waals surface area contributed by atoms with Crippen molar-refractivity contribution >= 4 is 5.69 Å². The molecule has 0 bridgehead atoms. The minimum Gasteiger partial charge on any atom is -0.398 e. The van der Waals surface area contributed by atoms with Crippen LogP contribution in [0.4, 0.5) is 5.69 Å². The first-order chi connectivity index (χ1) is 7.90. The lowest BCUT2D eigenvalue weighted by molar-refractivity contribution is -0.143. The highest BCUT2D eigenvalue weighted by Crippen LogP contribution is 2.35. The van der Waals surface area contributed by atoms with Crippen molar-refractivity contribution in [2.75, 3.05) is 12.3 Å². The third-order valence-corrected chi connectivity index (χ3v) is 3.28. The standard InChI is InChI=1S/C13H20N2O2/c1-12(2)9-13(16,4-6-17-12)7-10-8-15-5-3-11(10)14/h3,5,8,16H,4,6-7,9H2,1-2H3,(H2,14,15). The zero-order valence-electron chi connectivity index (χ0n) is 10.4. The van der Waals surface area contributed by atoms with Crippen molar-refractivity contribution in [1.82, 2.24) is 4.98 Å². The maximum absolute atomic E-state index is 10.6. The molecule has 2 heterocycles. The van der Waals surface area contributed by atoms with Gasteiger partial charge in [-0.25, -0.2) is 0 Å². The Morgan fingerprint density at radius 1 is 1.53 bits per heavy atom. The Balaban J connectivity index is 2.15. The van der Waals surface area contributed by atoms with E-state index in [1.807, 2.05) is 13.8 Å². The Labute approximate surface area is 102 Å². The van der Waals surface area contributed by atoms with E-state index in [0.29, 0.717) is 31.6 Å². The highest BCUT2D eigenvalue weighted by molar-refractivity contribution is 5.45. The molecule has 1 unspecified atom stereocenters. The lowest BCUT2D eigenvalue weighted by Crippen LogP contribution is -2.47. The number of nitrogen functional groups attached to an aromatic ring is 1. The van der Waals surface area contributed by atoms with Gasteiger partial charge in [0.25, 0.3) is 0 Å². The van der Waals surface area contributed by atoms with Crippen LogP contribution >= 0.6 is 0 Å². The van der Waals surface area contributed by atoms with Crippen LogP contribution in [0.15, 0.2) is 18.5 Å². The molecule has 17 heavy (non-hydrogen) atoms. The molecule has 0 radical (unpaired) electrons. The predicted octanol–water partition coefficient (Wildman–Crippen LogP) is 1.53. The summed E-state index contributed by atoms with van der Waals surface area (Å²) in [5.41, 5.74) is 6.47. The van der Waals surface area contributed by atoms with Crippen molar-refractivity contribution in [2.45, 2.75) is 44.3 Å². The van der Waals surface area contributed by atoms with Crippen LogP contribution in [0, 0.1) is 0 Å². The van der Waals surface area contributed by atoms with Gasteiger partial charge in [0.15, 0.2) is 0 Å². The number of nitrogens with two attached hydrogens (primary N) is 1. The fraction of sp³-hybridized carbons (Fsp3) is 0.615. The predicted molar refractivity (Wildman–Crippen MR) is 66.6 cm³/mol. The normalized spacial score (nSPS) is 27.9. The van der Waals surface area contributed by atoms with E-state index >= 15 is 0 Å². The quantitative estimate of drug-likeness (QED) is 0.817. The lowest BCUT2D eigenvalue weighted by Gasteiger charge is -2.41. The summed E-state index contributed by atoms with van der Waals surface area (Å²) in [7, 11) is 0. The molecular weight excluding hydrogens is 216 g/mol. The van der Waals surface area contributed by atoms with Crippen LogP contribution in [-0.4, -0.2) is 27.9 Å². The zero-order chi connectivity index (χ0) is 12.5. The summed E-state index contributed by atoms with van der Waals surface area (Å²) in [5.74, 6) is 0. The summed E-state index contributed by atoms with van der Waals surface area (Å²) >= 11 is 0. The number of rotatable bonds is 2. The van der Waals surface area contributed by atoms with E-state index in [2.05, 4.69) is 4.98 Å². The summed E-state index contributed by atoms with van der Waals surface area (Å²) in [4.78, 5) is 4.06. The van der Waals surface area contributed by atoms with Crippen molar-refractivity contribution in [3.8, 4) is 0 Å². The van der Waals surface area contributed by atoms with Gasteiger partial charge in [-0.2, -0.15) is 0 Å². The van der Waals surface area contributed by atoms with Gasteiger partial charge in [-0.15, -0.1) is 0 Å². The van der Waals surface area contributed by atoms with Crippen LogP contribution in [0.25, 0.3) is 0 Å². The van der Waals surface area contributed by atoms with Crippen molar-refractivity contribution in [3.63, 3.8) is 0 Å². The van der Waals surface area contributed by atoms with E-state index in [0.717, 1.165) is 5.56 Å². The Bertz CT molecular complexity index is 406. The van der Waals surface area contributed by atoms with E-state index in [1.165, 1.54) is 0 Å². The second-order valence-corrected chi connectivity index (χ2v) is 5.51. The van der Waals surface area contributed by atoms with Gasteiger partial charge >= 0.3 is 0 Å². The number of aliphatic hydroxyl groups is 1. The van der Waals surface area contributed by atoms with Crippen LogP contribution < -0.4 is 5.73 Å². The van der Waals surface area contributed by atoms with Crippen molar-refractivity contribution in [2.24, 2.45) is 0 Å². The SMILES string of the molecule is CC1(C)CC(O)(Cc2cnccc2N)CCO1. The fourth-order valence-corrected chi connectivity index (χ4v) is 2.54. The van der Waals surface area contributed by atoms with Crippen LogP contribution in [0.5, 0.6) is 0 Å². The highest BCUT2D eigenvalue weighted by Gasteiger charge is 2.39. The molecule has 0 spiro atoms. The van der Waals surface area contributed by atoms with E-state index < -0.39 is 5.60 Å². The molecule has 1 aromatic heterocycles. The van der Waals surface area contributed by atoms with Crippen molar-refractivity contribution < 1.29 is 9.84 Å². The summed E-state index contributed by atoms with van der Waals surface area (Å²) in [6.45, 7) is 4.59. The maximum atomic E-state index is 10.6. The Hall–Kier alpha value is -1.13. The molecule has 4 nitrogen and oxygen atoms in total. The van der Waals surface area contributed by atoms with E-state index in [-0.39, 0.29) is 5.60 Å². The molecule has 0 aliphatic carbocycles. The molecule has 1 saturated heterocycles. The Morgan fingerprint density at radius 2 is 2.29 bits per heavy atom. The zero-order valence-corrected chi connectivity index (χ0v) is 10.4. The van der Waals surface area contributed by atoms with Gasteiger partial charge in [0.2, 0.25) is 0 Å². The number of ether oxygens (including phenoxy) is 1. The molecule has 94 valence electrons. The third-order valence-electron chi connectivity index (χ3n) is 3.28. The molecule has 0 aromatic carbocycles. The van der Waals surface area contributed by atoms with Gasteiger partial charge in [-0.3, -0.25) is 4.98 Å². The van der Waals surface area contributed by atoms with Crippen molar-refractivity contribution in [3.05, 3.63) is 24.0 Å². The van der Waals surface area contributed by atoms with Gasteiger partial charge in [0.05, 0.1) is 17.8 Å². The molecule has 1 aliphatic heterocycles. The minimum absolute atomic E-state index is 0.274. The number of nitrogens with zero attached hydrogens (tertiary/aromatic N) is 1. The minimum atomic E-state index is -0.737. The average molecular weight is 236 g/mol. The fourth-order valence-electron chi connectivity index (χ4n) is 2.54. The molecule has 1 fully saturated rings. The number of hydrogen-bond donors (Lipinski definition) is 2. The first-order valence-electron chi connectivity index (χ1n) is 5.95. The first-order valence-corrected chi connectivity index (χ1v) is 5.95. The molecule has 3 N–H and O–H groups in total. The summed E-state index contributed by atoms with van der Waals surface area (Å²) in [6, 6.07) is 1.77. The molecular formula is C13H20N2O2. The highest BCUT2D eigenvalue weighted by atomic mass is 16.5. The molecule has 4 heteroatoms. The van der Waals surface area contributed by atoms with E-state index in [4.69, 9.17) is 10.5 Å². The Kier molecular flexibility index (Phi) is 3.10. The summed E-state index contributed by atoms with van der Waals surface area (Å²) in [6.07, 6.45) is 5.20. The van der Waals surface area contributed by atoms with Gasteiger partial charge in [-0.1, -0.05) is 0 Å². The van der Waals surface area contributed by atoms with Gasteiger partial charge in [0, 0.05) is 30.9 Å². The number of hydrogen-bond acceptors (Lipinski definition) is 4. The number of pyridine rings is 1. The smallest absolute Gasteiger partial charge is 0.0738 e. The first kappa shape index (κ1) is 12.3. The van der Waals surface area contributed by atoms with E-state index in [1.54, 1.807) is 18.5 Å². The number of anilines is 1. The van der Waals surface area contributed by atoms with Gasteiger partial charge < -0.3 is 15.6 Å². The number of aromatic nitrogens is 1. The second kappa shape index (κ2) is 4.27. The molecule has 2 rings (SSSR count). The topological polar surface area (TPSA) is 68.4 Å². The van der Waals surface area contributed by atoms with Crippen LogP contribution in [-0.2, 0) is 11.2 Å². The molecule has 1 aliphatic rings. The van der Waals surface area contributed by atoms with Crippen molar-refractivity contribution in [1.29, 1.82) is 0 Å². The maximum Gasteiger partial charge on any atom is 0.0738 e. The van der Waals surface area contributed by atoms with Crippen LogP contribution in [0.1, 0.15) is 32.3 Å². The largest absolute Gasteiger partial charge is 0.398 e. The van der Waals surface area contributed by atoms with Gasteiger partial charge in [0.1, 0.15) is 0 Å². The van der Waals surface area contributed by atoms with Crippen LogP contribution in [0.3, 0.4) is 0 Å². The van der Waals surface area contributed by atoms with E-state index in [9.17, 15) is 5.11 Å². The average Bonchev–Trinajstić information content (AvgIpc) is 2.19. The van der Waals surface area contributed by atoms with Gasteiger partial charge in [-0.05, 0) is 31.9 Å². The second-order valence-electron chi connectivity index (χ2n) is 5.51. The third kappa shape index (κ3) is 2.96. The monoisotopic (exact) mass is 236 g/mol. The van der Waals surface area contributed by atoms with Crippen LogP contribution in [0.2, 0.25) is 0 Å². The molecule has 1 aromatic rings. The molecule has 0 saturated carbocycles.